The van der Waals surface area contributed by atoms with Crippen molar-refractivity contribution in [3.63, 3.8) is 0 Å². The Morgan fingerprint density at radius 1 is 1.35 bits per heavy atom. The van der Waals surface area contributed by atoms with Gasteiger partial charge >= 0.3 is 6.18 Å². The molecule has 23 heavy (non-hydrogen) atoms. The highest BCUT2D eigenvalue weighted by Gasteiger charge is 2.40. The molecule has 1 aliphatic heterocycles. The Morgan fingerprint density at radius 3 is 2.74 bits per heavy atom. The topological polar surface area (TPSA) is 54.2 Å². The van der Waals surface area contributed by atoms with E-state index in [-0.39, 0.29) is 24.3 Å². The summed E-state index contributed by atoms with van der Waals surface area (Å²) in [6, 6.07) is 2.32. The average molecular weight is 326 g/mol. The molecule has 0 amide bonds. The summed E-state index contributed by atoms with van der Waals surface area (Å²) in [5.41, 5.74) is 0.169. The van der Waals surface area contributed by atoms with Gasteiger partial charge in [0.15, 0.2) is 0 Å². The van der Waals surface area contributed by atoms with Crippen LogP contribution in [0.4, 0.5) is 19.0 Å². The van der Waals surface area contributed by atoms with Gasteiger partial charge in [0.05, 0.1) is 11.8 Å². The van der Waals surface area contributed by atoms with E-state index in [1.54, 1.807) is 22.8 Å². The molecule has 1 fully saturated rings. The summed E-state index contributed by atoms with van der Waals surface area (Å²) in [6.07, 6.45) is 0.431. The SMILES string of the molecule is Cn1cc([C@@H]2CN(c3ncccc3C(F)(F)F)C[C@H]2CO)cn1. The summed E-state index contributed by atoms with van der Waals surface area (Å²) in [7, 11) is 1.78. The van der Waals surface area contributed by atoms with Gasteiger partial charge in [0.2, 0.25) is 0 Å². The fraction of sp³-hybridized carbons (Fsp3) is 0.467. The van der Waals surface area contributed by atoms with Crippen LogP contribution in [0.5, 0.6) is 0 Å². The van der Waals surface area contributed by atoms with Gasteiger partial charge in [0.25, 0.3) is 0 Å². The molecule has 0 spiro atoms. The molecular formula is C15H17F3N4O. The Hall–Kier alpha value is -2.09. The summed E-state index contributed by atoms with van der Waals surface area (Å²) < 4.78 is 41.2. The van der Waals surface area contributed by atoms with Crippen LogP contribution in [0.1, 0.15) is 17.0 Å². The molecule has 0 bridgehead atoms. The average Bonchev–Trinajstić information content (AvgIpc) is 3.12. The Bertz CT molecular complexity index is 685. The summed E-state index contributed by atoms with van der Waals surface area (Å²) in [5, 5.41) is 13.7. The predicted octanol–water partition coefficient (Wildman–Crippen LogP) is 2.05. The molecule has 3 rings (SSSR count). The molecule has 1 saturated heterocycles. The number of rotatable bonds is 3. The van der Waals surface area contributed by atoms with Gasteiger partial charge in [-0.15, -0.1) is 0 Å². The first-order chi connectivity index (χ1) is 10.9. The van der Waals surface area contributed by atoms with Crippen LogP contribution in [-0.4, -0.2) is 39.6 Å². The Balaban J connectivity index is 1.91. The van der Waals surface area contributed by atoms with Crippen molar-refractivity contribution >= 4 is 5.82 Å². The quantitative estimate of drug-likeness (QED) is 0.938. The summed E-state index contributed by atoms with van der Waals surface area (Å²) in [4.78, 5) is 5.53. The van der Waals surface area contributed by atoms with Crippen molar-refractivity contribution < 1.29 is 18.3 Å². The number of aliphatic hydroxyl groups excluding tert-OH is 1. The van der Waals surface area contributed by atoms with Crippen LogP contribution >= 0.6 is 0 Å². The number of hydrogen-bond acceptors (Lipinski definition) is 4. The van der Waals surface area contributed by atoms with Crippen molar-refractivity contribution in [2.24, 2.45) is 13.0 Å². The third kappa shape index (κ3) is 3.03. The highest BCUT2D eigenvalue weighted by Crippen LogP contribution is 2.40. The molecule has 0 saturated carbocycles. The van der Waals surface area contributed by atoms with E-state index in [1.165, 1.54) is 12.3 Å². The maximum absolute atomic E-state index is 13.2. The highest BCUT2D eigenvalue weighted by molar-refractivity contribution is 5.50. The lowest BCUT2D eigenvalue weighted by Crippen LogP contribution is -2.25. The van der Waals surface area contributed by atoms with Crippen molar-refractivity contribution in [2.75, 3.05) is 24.6 Å². The van der Waals surface area contributed by atoms with Gasteiger partial charge in [0, 0.05) is 51.0 Å². The van der Waals surface area contributed by atoms with Crippen LogP contribution in [0.25, 0.3) is 0 Å². The lowest BCUT2D eigenvalue weighted by atomic mass is 9.92. The van der Waals surface area contributed by atoms with Gasteiger partial charge in [-0.2, -0.15) is 18.3 Å². The molecule has 1 N–H and O–H groups in total. The number of hydrogen-bond donors (Lipinski definition) is 1. The number of halogens is 3. The number of aromatic nitrogens is 3. The van der Waals surface area contributed by atoms with Crippen LogP contribution in [0.15, 0.2) is 30.7 Å². The zero-order chi connectivity index (χ0) is 16.6. The van der Waals surface area contributed by atoms with Gasteiger partial charge in [0.1, 0.15) is 5.82 Å². The van der Waals surface area contributed by atoms with Crippen LogP contribution in [0, 0.1) is 5.92 Å². The van der Waals surface area contributed by atoms with Crippen LogP contribution in [0.3, 0.4) is 0 Å². The maximum Gasteiger partial charge on any atom is 0.419 e. The zero-order valence-electron chi connectivity index (χ0n) is 12.5. The third-order valence-electron chi connectivity index (χ3n) is 4.22. The molecule has 3 heterocycles. The van der Waals surface area contributed by atoms with E-state index in [2.05, 4.69) is 10.1 Å². The maximum atomic E-state index is 13.2. The molecular weight excluding hydrogens is 309 g/mol. The first kappa shape index (κ1) is 15.8. The Labute approximate surface area is 131 Å². The minimum absolute atomic E-state index is 0.0724. The molecule has 8 heteroatoms. The normalized spacial score (nSPS) is 21.9. The van der Waals surface area contributed by atoms with Crippen molar-refractivity contribution in [2.45, 2.75) is 12.1 Å². The van der Waals surface area contributed by atoms with Gasteiger partial charge in [-0.25, -0.2) is 4.98 Å². The van der Waals surface area contributed by atoms with Crippen LogP contribution in [0.2, 0.25) is 0 Å². The number of alkyl halides is 3. The number of aryl methyl sites for hydroxylation is 1. The van der Waals surface area contributed by atoms with Gasteiger partial charge in [-0.1, -0.05) is 0 Å². The van der Waals surface area contributed by atoms with E-state index < -0.39 is 11.7 Å². The Kier molecular flexibility index (Phi) is 4.01. The minimum Gasteiger partial charge on any atom is -0.396 e. The molecule has 2 atom stereocenters. The molecule has 5 nitrogen and oxygen atoms in total. The number of pyridine rings is 1. The van der Waals surface area contributed by atoms with Crippen molar-refractivity contribution in [3.8, 4) is 0 Å². The zero-order valence-corrected chi connectivity index (χ0v) is 12.5. The molecule has 0 radical (unpaired) electrons. The van der Waals surface area contributed by atoms with E-state index >= 15 is 0 Å². The van der Waals surface area contributed by atoms with E-state index in [0.29, 0.717) is 13.1 Å². The first-order valence-electron chi connectivity index (χ1n) is 7.26. The first-order valence-corrected chi connectivity index (χ1v) is 7.26. The van der Waals surface area contributed by atoms with Crippen LogP contribution in [-0.2, 0) is 13.2 Å². The second kappa shape index (κ2) is 5.84. The van der Waals surface area contributed by atoms with E-state index in [9.17, 15) is 18.3 Å². The molecule has 0 aliphatic carbocycles. The summed E-state index contributed by atoms with van der Waals surface area (Å²) >= 11 is 0. The lowest BCUT2D eigenvalue weighted by Gasteiger charge is -2.21. The number of nitrogens with zero attached hydrogens (tertiary/aromatic N) is 4. The largest absolute Gasteiger partial charge is 0.419 e. The predicted molar refractivity (Wildman–Crippen MR) is 78.0 cm³/mol. The summed E-state index contributed by atoms with van der Waals surface area (Å²) in [6.45, 7) is 0.609. The second-order valence-electron chi connectivity index (χ2n) is 5.77. The molecule has 2 aromatic rings. The summed E-state index contributed by atoms with van der Waals surface area (Å²) in [5.74, 6) is -0.302. The smallest absolute Gasteiger partial charge is 0.396 e. The Morgan fingerprint density at radius 2 is 2.13 bits per heavy atom. The van der Waals surface area contributed by atoms with E-state index in [1.807, 2.05) is 6.20 Å². The molecule has 0 aromatic carbocycles. The van der Waals surface area contributed by atoms with E-state index in [4.69, 9.17) is 0 Å². The minimum atomic E-state index is -4.45. The van der Waals surface area contributed by atoms with Gasteiger partial charge < -0.3 is 10.0 Å². The molecule has 2 aromatic heterocycles. The van der Waals surface area contributed by atoms with E-state index in [0.717, 1.165) is 11.6 Å². The van der Waals surface area contributed by atoms with Gasteiger partial charge in [-0.05, 0) is 17.7 Å². The van der Waals surface area contributed by atoms with Gasteiger partial charge in [-0.3, -0.25) is 4.68 Å². The van der Waals surface area contributed by atoms with Crippen molar-refractivity contribution in [1.82, 2.24) is 14.8 Å². The number of anilines is 1. The van der Waals surface area contributed by atoms with Crippen molar-refractivity contribution in [1.29, 1.82) is 0 Å². The van der Waals surface area contributed by atoms with Crippen LogP contribution < -0.4 is 4.90 Å². The standard InChI is InChI=1S/C15H17F3N4O/c1-21-6-10(5-20-21)12-8-22(7-11(12)9-23)14-13(15(16,17)18)3-2-4-19-14/h2-6,11-12,23H,7-9H2,1H3/t11-,12-/m0/s1. The fourth-order valence-electron chi connectivity index (χ4n) is 3.11. The van der Waals surface area contributed by atoms with Crippen molar-refractivity contribution in [3.05, 3.63) is 41.9 Å². The molecule has 124 valence electrons. The monoisotopic (exact) mass is 326 g/mol. The highest BCUT2D eigenvalue weighted by atomic mass is 19.4. The second-order valence-corrected chi connectivity index (χ2v) is 5.77. The molecule has 1 aliphatic rings. The lowest BCUT2D eigenvalue weighted by molar-refractivity contribution is -0.137. The fourth-order valence-corrected chi connectivity index (χ4v) is 3.11. The molecule has 0 unspecified atom stereocenters. The third-order valence-corrected chi connectivity index (χ3v) is 4.22. The number of aliphatic hydroxyl groups is 1.